The van der Waals surface area contributed by atoms with Crippen LogP contribution in [0.5, 0.6) is 0 Å². The van der Waals surface area contributed by atoms with Gasteiger partial charge in [0.1, 0.15) is 19.5 Å². The van der Waals surface area contributed by atoms with E-state index in [1.165, 1.54) is 19.2 Å². The van der Waals surface area contributed by atoms with Crippen LogP contribution >= 0.6 is 23.2 Å². The van der Waals surface area contributed by atoms with Gasteiger partial charge in [-0.3, -0.25) is 4.79 Å². The molecule has 1 amide bonds. The molecule has 0 aliphatic carbocycles. The number of hydrogen-bond acceptors (Lipinski definition) is 6. The van der Waals surface area contributed by atoms with Crippen molar-refractivity contribution in [2.75, 3.05) is 18.5 Å². The molecule has 22 heavy (non-hydrogen) atoms. The van der Waals surface area contributed by atoms with Gasteiger partial charge in [-0.1, -0.05) is 23.2 Å². The molecule has 7 nitrogen and oxygen atoms in total. The van der Waals surface area contributed by atoms with Crippen LogP contribution in [-0.2, 0) is 23.8 Å². The third-order valence-corrected chi connectivity index (χ3v) is 3.05. The van der Waals surface area contributed by atoms with Gasteiger partial charge in [-0.05, 0) is 13.0 Å². The molecule has 118 valence electrons. The maximum atomic E-state index is 12.0. The minimum absolute atomic E-state index is 0.0893. The van der Waals surface area contributed by atoms with Gasteiger partial charge in [0.05, 0.1) is 10.0 Å². The highest BCUT2D eigenvalue weighted by molar-refractivity contribution is 6.36. The third kappa shape index (κ3) is 4.25. The molecule has 2 rings (SSSR count). The predicted molar refractivity (Wildman–Crippen MR) is 78.4 cm³/mol. The maximum absolute atomic E-state index is 12.0. The standard InChI is InChI=1S/C13H12Cl2N2O5/c1-7(22-13(19)10-6-20-2-3-21-10)12(18)17-11-9(15)4-8(14)5-16-11/h4-7H,2-3H2,1H3,(H,16,17,18)/t7-/m0/s1. The van der Waals surface area contributed by atoms with Gasteiger partial charge in [0.2, 0.25) is 5.76 Å². The van der Waals surface area contributed by atoms with Gasteiger partial charge in [-0.2, -0.15) is 0 Å². The molecule has 0 unspecified atom stereocenters. The lowest BCUT2D eigenvalue weighted by Gasteiger charge is -2.17. The normalized spacial score (nSPS) is 15.0. The first-order valence-electron chi connectivity index (χ1n) is 6.25. The molecule has 0 saturated heterocycles. The van der Waals surface area contributed by atoms with Crippen molar-refractivity contribution in [2.45, 2.75) is 13.0 Å². The SMILES string of the molecule is C[C@H](OC(=O)C1=COCCO1)C(=O)Nc1ncc(Cl)cc1Cl. The lowest BCUT2D eigenvalue weighted by molar-refractivity contribution is -0.153. The summed E-state index contributed by atoms with van der Waals surface area (Å²) in [6, 6.07) is 1.43. The number of hydrogen-bond donors (Lipinski definition) is 1. The molecule has 1 N–H and O–H groups in total. The second-order valence-corrected chi connectivity index (χ2v) is 5.07. The molecule has 9 heteroatoms. The van der Waals surface area contributed by atoms with E-state index in [-0.39, 0.29) is 23.2 Å². The Hall–Kier alpha value is -1.99. The van der Waals surface area contributed by atoms with E-state index in [0.29, 0.717) is 11.6 Å². The van der Waals surface area contributed by atoms with Crippen LogP contribution in [0.4, 0.5) is 5.82 Å². The monoisotopic (exact) mass is 346 g/mol. The lowest BCUT2D eigenvalue weighted by Crippen LogP contribution is -2.31. The van der Waals surface area contributed by atoms with Crippen LogP contribution in [0.3, 0.4) is 0 Å². The number of nitrogens with one attached hydrogen (secondary N) is 1. The van der Waals surface area contributed by atoms with E-state index in [2.05, 4.69) is 10.3 Å². The fourth-order valence-corrected chi connectivity index (χ4v) is 1.90. The van der Waals surface area contributed by atoms with Gasteiger partial charge in [0.25, 0.3) is 5.91 Å². The van der Waals surface area contributed by atoms with Gasteiger partial charge in [0, 0.05) is 6.20 Å². The van der Waals surface area contributed by atoms with Gasteiger partial charge >= 0.3 is 5.97 Å². The Labute approximate surface area is 136 Å². The first-order chi connectivity index (χ1) is 10.5. The summed E-state index contributed by atoms with van der Waals surface area (Å²) in [5, 5.41) is 2.95. The number of anilines is 1. The fraction of sp³-hybridized carbons (Fsp3) is 0.308. The van der Waals surface area contributed by atoms with E-state index in [0.717, 1.165) is 6.26 Å². The number of ether oxygens (including phenoxy) is 3. The van der Waals surface area contributed by atoms with Crippen molar-refractivity contribution in [3.8, 4) is 0 Å². The topological polar surface area (TPSA) is 86.8 Å². The average molecular weight is 347 g/mol. The van der Waals surface area contributed by atoms with Gasteiger partial charge < -0.3 is 19.5 Å². The Bertz CT molecular complexity index is 620. The Morgan fingerprint density at radius 1 is 1.41 bits per heavy atom. The summed E-state index contributed by atoms with van der Waals surface area (Å²) in [4.78, 5) is 27.6. The number of halogens is 2. The van der Waals surface area contributed by atoms with E-state index in [1.807, 2.05) is 0 Å². The molecule has 0 spiro atoms. The number of rotatable bonds is 4. The molecule has 1 aliphatic rings. The zero-order valence-electron chi connectivity index (χ0n) is 11.5. The molecular formula is C13H12Cl2N2O5. The lowest BCUT2D eigenvalue weighted by atomic mass is 10.3. The van der Waals surface area contributed by atoms with Crippen LogP contribution in [0, 0.1) is 0 Å². The number of amides is 1. The Morgan fingerprint density at radius 2 is 2.18 bits per heavy atom. The van der Waals surface area contributed by atoms with E-state index >= 15 is 0 Å². The molecule has 0 fully saturated rings. The summed E-state index contributed by atoms with van der Waals surface area (Å²) >= 11 is 11.6. The Morgan fingerprint density at radius 3 is 2.82 bits per heavy atom. The van der Waals surface area contributed by atoms with Gasteiger partial charge in [-0.15, -0.1) is 0 Å². The van der Waals surface area contributed by atoms with Crippen molar-refractivity contribution in [3.63, 3.8) is 0 Å². The van der Waals surface area contributed by atoms with Crippen molar-refractivity contribution in [1.82, 2.24) is 4.98 Å². The molecule has 2 heterocycles. The van der Waals surface area contributed by atoms with Crippen molar-refractivity contribution in [3.05, 3.63) is 34.3 Å². The molecule has 1 aromatic heterocycles. The van der Waals surface area contributed by atoms with Crippen molar-refractivity contribution in [1.29, 1.82) is 0 Å². The smallest absolute Gasteiger partial charge is 0.377 e. The molecular weight excluding hydrogens is 335 g/mol. The largest absolute Gasteiger partial charge is 0.493 e. The second-order valence-electron chi connectivity index (χ2n) is 4.22. The first-order valence-corrected chi connectivity index (χ1v) is 7.00. The number of aromatic nitrogens is 1. The number of pyridine rings is 1. The second kappa shape index (κ2) is 7.33. The highest BCUT2D eigenvalue weighted by Gasteiger charge is 2.24. The summed E-state index contributed by atoms with van der Waals surface area (Å²) in [5.41, 5.74) is 0. The molecule has 0 bridgehead atoms. The Balaban J connectivity index is 1.94. The summed E-state index contributed by atoms with van der Waals surface area (Å²) in [6.45, 7) is 2.00. The number of nitrogens with zero attached hydrogens (tertiary/aromatic N) is 1. The quantitative estimate of drug-likeness (QED) is 0.840. The highest BCUT2D eigenvalue weighted by Crippen LogP contribution is 2.22. The van der Waals surface area contributed by atoms with Gasteiger partial charge in [-0.25, -0.2) is 9.78 Å². The predicted octanol–water partition coefficient (Wildman–Crippen LogP) is 2.15. The van der Waals surface area contributed by atoms with Crippen molar-refractivity contribution in [2.24, 2.45) is 0 Å². The van der Waals surface area contributed by atoms with Crippen molar-refractivity contribution >= 4 is 40.9 Å². The molecule has 0 radical (unpaired) electrons. The summed E-state index contributed by atoms with van der Waals surface area (Å²) in [6.07, 6.45) is 1.40. The van der Waals surface area contributed by atoms with E-state index in [4.69, 9.17) is 37.4 Å². The van der Waals surface area contributed by atoms with Crippen LogP contribution in [-0.4, -0.2) is 36.2 Å². The minimum Gasteiger partial charge on any atom is -0.493 e. The molecule has 0 aromatic carbocycles. The Kier molecular flexibility index (Phi) is 5.46. The summed E-state index contributed by atoms with van der Waals surface area (Å²) in [7, 11) is 0. The summed E-state index contributed by atoms with van der Waals surface area (Å²) < 4.78 is 15.0. The van der Waals surface area contributed by atoms with E-state index < -0.39 is 18.0 Å². The highest BCUT2D eigenvalue weighted by atomic mass is 35.5. The molecule has 1 atom stereocenters. The maximum Gasteiger partial charge on any atom is 0.377 e. The van der Waals surface area contributed by atoms with Crippen LogP contribution < -0.4 is 5.32 Å². The van der Waals surface area contributed by atoms with Gasteiger partial charge in [0.15, 0.2) is 11.9 Å². The van der Waals surface area contributed by atoms with E-state index in [9.17, 15) is 9.59 Å². The number of esters is 1. The van der Waals surface area contributed by atoms with Crippen LogP contribution in [0.2, 0.25) is 10.0 Å². The third-order valence-electron chi connectivity index (χ3n) is 2.55. The minimum atomic E-state index is -1.08. The zero-order valence-corrected chi connectivity index (χ0v) is 13.0. The zero-order chi connectivity index (χ0) is 16.1. The molecule has 1 aromatic rings. The number of carbonyl (C=O) groups is 2. The average Bonchev–Trinajstić information content (AvgIpc) is 2.50. The van der Waals surface area contributed by atoms with Crippen LogP contribution in [0.1, 0.15) is 6.92 Å². The molecule has 1 aliphatic heterocycles. The van der Waals surface area contributed by atoms with E-state index in [1.54, 1.807) is 0 Å². The fourth-order valence-electron chi connectivity index (χ4n) is 1.47. The van der Waals surface area contributed by atoms with Crippen molar-refractivity contribution < 1.29 is 23.8 Å². The van der Waals surface area contributed by atoms with Crippen LogP contribution in [0.15, 0.2) is 24.3 Å². The number of carbonyl (C=O) groups excluding carboxylic acids is 2. The summed E-state index contributed by atoms with van der Waals surface area (Å²) in [5.74, 6) is -1.36. The molecule has 0 saturated carbocycles. The first kappa shape index (κ1) is 16.4. The van der Waals surface area contributed by atoms with Crippen LogP contribution in [0.25, 0.3) is 0 Å².